The molecule has 0 aliphatic rings. The van der Waals surface area contributed by atoms with Crippen LogP contribution >= 0.6 is 11.6 Å². The Morgan fingerprint density at radius 3 is 1.55 bits per heavy atom. The van der Waals surface area contributed by atoms with Gasteiger partial charge in [0.25, 0.3) is 0 Å². The van der Waals surface area contributed by atoms with Crippen LogP contribution in [-0.4, -0.2) is 25.2 Å². The quantitative estimate of drug-likeness (QED) is 0.301. The fourth-order valence-corrected chi connectivity index (χ4v) is 2.89. The molecule has 182 valence electrons. The zero-order valence-electron chi connectivity index (χ0n) is 20.9. The van der Waals surface area contributed by atoms with Crippen LogP contribution in [0.4, 0.5) is 0 Å². The summed E-state index contributed by atoms with van der Waals surface area (Å²) < 4.78 is 23.9. The molecule has 0 aliphatic heterocycles. The third-order valence-corrected chi connectivity index (χ3v) is 4.84. The number of carbonyl (C=O) groups excluding carboxylic acids is 2. The molecule has 0 atom stereocenters. The van der Waals surface area contributed by atoms with E-state index in [4.69, 9.17) is 30.5 Å². The molecule has 0 aromatic heterocycles. The molecule has 0 saturated carbocycles. The summed E-state index contributed by atoms with van der Waals surface area (Å²) in [4.78, 5) is 25.7. The van der Waals surface area contributed by atoms with Gasteiger partial charge >= 0.3 is 11.9 Å². The molecule has 7 heteroatoms. The molecule has 0 heterocycles. The Kier molecular flexibility index (Phi) is 8.63. The summed E-state index contributed by atoms with van der Waals surface area (Å²) in [6, 6.07) is 5.07. The highest BCUT2D eigenvalue weighted by molar-refractivity contribution is 6.31. The lowest BCUT2D eigenvalue weighted by atomic mass is 9.97. The number of esters is 2. The van der Waals surface area contributed by atoms with E-state index in [9.17, 15) is 9.59 Å². The van der Waals surface area contributed by atoms with Crippen LogP contribution in [0.1, 0.15) is 68.2 Å². The van der Waals surface area contributed by atoms with Gasteiger partial charge in [-0.2, -0.15) is 0 Å². The van der Waals surface area contributed by atoms with Crippen LogP contribution in [0.15, 0.2) is 18.2 Å². The summed E-state index contributed by atoms with van der Waals surface area (Å²) >= 11 is 6.31. The van der Waals surface area contributed by atoms with Gasteiger partial charge in [0.1, 0.15) is 0 Å². The molecule has 33 heavy (non-hydrogen) atoms. The van der Waals surface area contributed by atoms with Crippen LogP contribution in [0.25, 0.3) is 10.8 Å². The Hall–Kier alpha value is -2.47. The molecule has 0 amide bonds. The highest BCUT2D eigenvalue weighted by Crippen LogP contribution is 2.52. The molecule has 0 aliphatic carbocycles. The van der Waals surface area contributed by atoms with E-state index < -0.39 is 22.8 Å². The van der Waals surface area contributed by atoms with Crippen molar-refractivity contribution in [3.05, 3.63) is 23.2 Å². The maximum Gasteiger partial charge on any atom is 0.316 e. The first-order valence-electron chi connectivity index (χ1n) is 11.3. The third-order valence-electron chi connectivity index (χ3n) is 4.60. The van der Waals surface area contributed by atoms with Gasteiger partial charge in [0.2, 0.25) is 11.5 Å². The SMILES string of the molecule is CCCOc1c(OCCC)c(OC(=O)C(C)(C)C)c2cc(Cl)ccc2c1OC(=O)C(C)(C)C. The first kappa shape index (κ1) is 26.8. The van der Waals surface area contributed by atoms with E-state index in [-0.39, 0.29) is 23.0 Å². The molecule has 0 radical (unpaired) electrons. The molecular formula is C26H35ClO6. The lowest BCUT2D eigenvalue weighted by molar-refractivity contribution is -0.144. The fourth-order valence-electron chi connectivity index (χ4n) is 2.72. The molecule has 6 nitrogen and oxygen atoms in total. The third kappa shape index (κ3) is 6.53. The zero-order valence-corrected chi connectivity index (χ0v) is 21.6. The average Bonchev–Trinajstić information content (AvgIpc) is 2.71. The van der Waals surface area contributed by atoms with Crippen molar-refractivity contribution in [3.8, 4) is 23.0 Å². The lowest BCUT2D eigenvalue weighted by Crippen LogP contribution is -2.27. The average molecular weight is 479 g/mol. The molecule has 0 fully saturated rings. The fraction of sp³-hybridized carbons (Fsp3) is 0.538. The minimum Gasteiger partial charge on any atom is -0.486 e. The van der Waals surface area contributed by atoms with Gasteiger partial charge in [-0.1, -0.05) is 25.4 Å². The minimum atomic E-state index is -0.755. The second kappa shape index (κ2) is 10.6. The summed E-state index contributed by atoms with van der Waals surface area (Å²) in [5.74, 6) is -0.00461. The zero-order chi connectivity index (χ0) is 25.0. The predicted octanol–water partition coefficient (Wildman–Crippen LogP) is 6.97. The minimum absolute atomic E-state index is 0.197. The molecule has 2 aromatic carbocycles. The summed E-state index contributed by atoms with van der Waals surface area (Å²) in [5, 5.41) is 1.46. The number of hydrogen-bond donors (Lipinski definition) is 0. The van der Waals surface area contributed by atoms with Gasteiger partial charge in [-0.3, -0.25) is 9.59 Å². The van der Waals surface area contributed by atoms with Gasteiger partial charge in [0.15, 0.2) is 11.5 Å². The van der Waals surface area contributed by atoms with Gasteiger partial charge in [-0.25, -0.2) is 0 Å². The first-order valence-corrected chi connectivity index (χ1v) is 11.7. The number of halogens is 1. The highest BCUT2D eigenvalue weighted by Gasteiger charge is 2.33. The summed E-state index contributed by atoms with van der Waals surface area (Å²) in [5.41, 5.74) is -1.50. The molecule has 0 bridgehead atoms. The second-order valence-electron chi connectivity index (χ2n) is 9.98. The van der Waals surface area contributed by atoms with Crippen molar-refractivity contribution in [1.29, 1.82) is 0 Å². The molecule has 0 saturated heterocycles. The molecule has 0 spiro atoms. The largest absolute Gasteiger partial charge is 0.486 e. The lowest BCUT2D eigenvalue weighted by Gasteiger charge is -2.25. The van der Waals surface area contributed by atoms with Crippen molar-refractivity contribution in [2.45, 2.75) is 68.2 Å². The maximum atomic E-state index is 12.9. The van der Waals surface area contributed by atoms with Crippen LogP contribution in [0, 0.1) is 10.8 Å². The maximum absolute atomic E-state index is 12.9. The molecule has 0 N–H and O–H groups in total. The summed E-state index contributed by atoms with van der Waals surface area (Å²) in [6.07, 6.45) is 1.43. The van der Waals surface area contributed by atoms with Crippen LogP contribution in [0.2, 0.25) is 5.02 Å². The highest BCUT2D eigenvalue weighted by atomic mass is 35.5. The Balaban J connectivity index is 2.91. The number of ether oxygens (including phenoxy) is 4. The first-order chi connectivity index (χ1) is 15.3. The smallest absolute Gasteiger partial charge is 0.316 e. The normalized spacial score (nSPS) is 11.9. The standard InChI is InChI=1S/C26H35ClO6/c1-9-13-30-21-19(32-23(28)25(3,4)5)17-12-11-16(27)15-18(17)20(22(21)31-14-10-2)33-24(29)26(6,7)8/h11-12,15H,9-10,13-14H2,1-8H3. The van der Waals surface area contributed by atoms with Crippen LogP contribution in [-0.2, 0) is 9.59 Å². The molecule has 2 aromatic rings. The van der Waals surface area contributed by atoms with E-state index in [2.05, 4.69) is 0 Å². The van der Waals surface area contributed by atoms with E-state index in [1.807, 2.05) is 13.8 Å². The van der Waals surface area contributed by atoms with E-state index in [0.717, 1.165) is 6.42 Å². The molecule has 0 unspecified atom stereocenters. The van der Waals surface area contributed by atoms with Gasteiger partial charge in [0, 0.05) is 15.8 Å². The van der Waals surface area contributed by atoms with Crippen molar-refractivity contribution in [3.63, 3.8) is 0 Å². The Morgan fingerprint density at radius 2 is 1.15 bits per heavy atom. The van der Waals surface area contributed by atoms with Crippen LogP contribution in [0.3, 0.4) is 0 Å². The number of hydrogen-bond acceptors (Lipinski definition) is 6. The van der Waals surface area contributed by atoms with Crippen molar-refractivity contribution < 1.29 is 28.5 Å². The van der Waals surface area contributed by atoms with E-state index in [1.54, 1.807) is 59.7 Å². The number of carbonyl (C=O) groups is 2. The van der Waals surface area contributed by atoms with Gasteiger partial charge in [0.05, 0.1) is 24.0 Å². The van der Waals surface area contributed by atoms with Gasteiger partial charge in [-0.05, 0) is 72.6 Å². The molecular weight excluding hydrogens is 444 g/mol. The second-order valence-corrected chi connectivity index (χ2v) is 10.4. The summed E-state index contributed by atoms with van der Waals surface area (Å²) in [6.45, 7) is 15.3. The van der Waals surface area contributed by atoms with Crippen molar-refractivity contribution in [2.75, 3.05) is 13.2 Å². The number of benzene rings is 2. The van der Waals surface area contributed by atoms with Gasteiger partial charge in [-0.15, -0.1) is 0 Å². The van der Waals surface area contributed by atoms with E-state index in [0.29, 0.717) is 35.4 Å². The van der Waals surface area contributed by atoms with E-state index >= 15 is 0 Å². The van der Waals surface area contributed by atoms with Gasteiger partial charge < -0.3 is 18.9 Å². The Bertz CT molecular complexity index is 1010. The monoisotopic (exact) mass is 478 g/mol. The van der Waals surface area contributed by atoms with Crippen LogP contribution in [0.5, 0.6) is 23.0 Å². The summed E-state index contributed by atoms with van der Waals surface area (Å²) in [7, 11) is 0. The van der Waals surface area contributed by atoms with E-state index in [1.165, 1.54) is 0 Å². The Morgan fingerprint density at radius 1 is 0.727 bits per heavy atom. The van der Waals surface area contributed by atoms with Crippen molar-refractivity contribution >= 4 is 34.3 Å². The van der Waals surface area contributed by atoms with Crippen molar-refractivity contribution in [2.24, 2.45) is 10.8 Å². The predicted molar refractivity (Wildman–Crippen MR) is 131 cm³/mol. The van der Waals surface area contributed by atoms with Crippen molar-refractivity contribution in [1.82, 2.24) is 0 Å². The number of fused-ring (bicyclic) bond motifs is 1. The topological polar surface area (TPSA) is 71.1 Å². The number of rotatable bonds is 8. The molecule has 2 rings (SSSR count). The van der Waals surface area contributed by atoms with Crippen LogP contribution < -0.4 is 18.9 Å². The Labute approximate surface area is 201 Å².